The van der Waals surface area contributed by atoms with Crippen molar-refractivity contribution in [2.75, 3.05) is 27.4 Å². The lowest BCUT2D eigenvalue weighted by molar-refractivity contribution is -0.384. The molecule has 14 heteroatoms. The predicted molar refractivity (Wildman–Crippen MR) is 188 cm³/mol. The van der Waals surface area contributed by atoms with E-state index in [1.807, 2.05) is 13.0 Å². The van der Waals surface area contributed by atoms with Gasteiger partial charge < -0.3 is 23.7 Å². The van der Waals surface area contributed by atoms with Gasteiger partial charge in [0.05, 0.1) is 57.8 Å². The molecule has 48 heavy (non-hydrogen) atoms. The smallest absolute Gasteiger partial charge is 0.338 e. The van der Waals surface area contributed by atoms with E-state index in [2.05, 4.69) is 27.6 Å². The van der Waals surface area contributed by atoms with Gasteiger partial charge in [-0.15, -0.1) is 0 Å². The summed E-state index contributed by atoms with van der Waals surface area (Å²) in [4.78, 5) is 43.1. The fourth-order valence-corrected chi connectivity index (χ4v) is 7.05. The average molecular weight is 786 g/mol. The maximum atomic E-state index is 14.2. The molecule has 1 atom stereocenters. The first-order chi connectivity index (χ1) is 23.1. The molecule has 0 saturated heterocycles. The van der Waals surface area contributed by atoms with Crippen molar-refractivity contribution in [1.82, 2.24) is 4.57 Å². The number of hydrogen-bond donors (Lipinski definition) is 0. The van der Waals surface area contributed by atoms with Crippen LogP contribution < -0.4 is 33.8 Å². The number of halogens is 1. The molecule has 0 unspecified atom stereocenters. The molecular weight excluding hydrogens is 753 g/mol. The van der Waals surface area contributed by atoms with Crippen molar-refractivity contribution in [3.63, 3.8) is 0 Å². The molecule has 0 saturated carbocycles. The number of thiazole rings is 1. The minimum Gasteiger partial charge on any atom is -0.493 e. The molecule has 0 fully saturated rings. The topological polar surface area (TPSA) is 141 Å². The normalized spacial score (nSPS) is 14.2. The van der Waals surface area contributed by atoms with E-state index < -0.39 is 16.9 Å². The molecule has 1 aliphatic rings. The Bertz CT molecular complexity index is 2090. The summed E-state index contributed by atoms with van der Waals surface area (Å²) in [7, 11) is 3.06. The van der Waals surface area contributed by atoms with E-state index in [9.17, 15) is 19.7 Å². The summed E-state index contributed by atoms with van der Waals surface area (Å²) in [5.74, 6) is 1.39. The number of aromatic nitrogens is 1. The van der Waals surface area contributed by atoms with E-state index >= 15 is 0 Å². The Hall–Kier alpha value is -4.70. The number of allylic oxidation sites excluding steroid dienone is 1. The van der Waals surface area contributed by atoms with Crippen LogP contribution in [0.3, 0.4) is 0 Å². The number of carbonyl (C=O) groups is 1. The number of fused-ring (bicyclic) bond motifs is 1. The van der Waals surface area contributed by atoms with Gasteiger partial charge in [0, 0.05) is 12.1 Å². The molecule has 0 amide bonds. The molecular formula is C34H32IN3O9S. The van der Waals surface area contributed by atoms with Crippen LogP contribution in [-0.2, 0) is 16.1 Å². The first kappa shape index (κ1) is 34.6. The summed E-state index contributed by atoms with van der Waals surface area (Å²) in [6.07, 6.45) is 1.74. The second-order valence-corrected chi connectivity index (χ2v) is 12.6. The highest BCUT2D eigenvalue weighted by Gasteiger charge is 2.34. The predicted octanol–water partition coefficient (Wildman–Crippen LogP) is 5.31. The maximum absolute atomic E-state index is 14.2. The van der Waals surface area contributed by atoms with E-state index in [0.29, 0.717) is 55.8 Å². The highest BCUT2D eigenvalue weighted by molar-refractivity contribution is 14.1. The van der Waals surface area contributed by atoms with Crippen molar-refractivity contribution >= 4 is 51.7 Å². The Kier molecular flexibility index (Phi) is 10.8. The van der Waals surface area contributed by atoms with Gasteiger partial charge in [0.2, 0.25) is 0 Å². The molecule has 12 nitrogen and oxygen atoms in total. The molecule has 0 aliphatic carbocycles. The Morgan fingerprint density at radius 2 is 1.75 bits per heavy atom. The molecule has 4 aromatic rings. The Balaban J connectivity index is 1.56. The zero-order valence-electron chi connectivity index (χ0n) is 26.8. The summed E-state index contributed by atoms with van der Waals surface area (Å²) in [5.41, 5.74) is 2.44. The number of non-ortho nitro benzene ring substituents is 1. The van der Waals surface area contributed by atoms with E-state index in [1.165, 1.54) is 35.1 Å². The fourth-order valence-electron chi connectivity index (χ4n) is 5.22. The van der Waals surface area contributed by atoms with Gasteiger partial charge in [-0.3, -0.25) is 19.5 Å². The number of nitro groups is 1. The molecule has 250 valence electrons. The lowest BCUT2D eigenvalue weighted by atomic mass is 9.95. The first-order valence-corrected chi connectivity index (χ1v) is 16.7. The monoisotopic (exact) mass is 785 g/mol. The molecule has 0 bridgehead atoms. The van der Waals surface area contributed by atoms with E-state index in [-0.39, 0.29) is 30.0 Å². The van der Waals surface area contributed by atoms with E-state index in [1.54, 1.807) is 63.4 Å². The number of rotatable bonds is 12. The number of ether oxygens (including phenoxy) is 5. The highest BCUT2D eigenvalue weighted by Crippen LogP contribution is 2.37. The second-order valence-electron chi connectivity index (χ2n) is 10.4. The van der Waals surface area contributed by atoms with E-state index in [0.717, 1.165) is 9.13 Å². The Labute approximate surface area is 293 Å². The van der Waals surface area contributed by atoms with Crippen LogP contribution in [0, 0.1) is 13.7 Å². The van der Waals surface area contributed by atoms with Gasteiger partial charge in [0.1, 0.15) is 6.61 Å². The van der Waals surface area contributed by atoms with Gasteiger partial charge in [-0.25, -0.2) is 9.79 Å². The number of esters is 1. The van der Waals surface area contributed by atoms with Crippen LogP contribution >= 0.6 is 33.9 Å². The van der Waals surface area contributed by atoms with Crippen LogP contribution in [-0.4, -0.2) is 42.9 Å². The van der Waals surface area contributed by atoms with Gasteiger partial charge in [-0.2, -0.15) is 0 Å². The third-order valence-electron chi connectivity index (χ3n) is 7.40. The van der Waals surface area contributed by atoms with Gasteiger partial charge in [0.15, 0.2) is 27.8 Å². The average Bonchev–Trinajstić information content (AvgIpc) is 3.37. The number of nitrogens with zero attached hydrogens (tertiary/aromatic N) is 3. The van der Waals surface area contributed by atoms with E-state index in [4.69, 9.17) is 23.7 Å². The van der Waals surface area contributed by atoms with Crippen LogP contribution in [0.1, 0.15) is 43.5 Å². The molecule has 0 spiro atoms. The highest BCUT2D eigenvalue weighted by atomic mass is 127. The van der Waals surface area contributed by atoms with Crippen molar-refractivity contribution < 1.29 is 33.4 Å². The standard InChI is InChI=1S/C34H32IN3O9S/c1-6-45-26-17-22(10-13-25(26)43-4)30-29(33(40)46-7-2)19(3)36-34-37(30)32(39)28(48-34)16-21-14-24(35)31(27(15-21)44-5)47-18-20-8-11-23(12-9-20)38(41)42/h8-17,30H,6-7,18H2,1-5H3/b28-16-/t30-/m1/s1. The first-order valence-electron chi connectivity index (χ1n) is 14.8. The molecule has 1 aromatic heterocycles. The summed E-state index contributed by atoms with van der Waals surface area (Å²) in [6.45, 7) is 6.03. The minimum absolute atomic E-state index is 0.00148. The number of nitro benzene ring substituents is 1. The van der Waals surface area contributed by atoms with Crippen LogP contribution in [0.25, 0.3) is 6.08 Å². The Morgan fingerprint density at radius 1 is 1.02 bits per heavy atom. The number of carbonyl (C=O) groups excluding carboxylic acids is 1. The van der Waals surface area contributed by atoms with Crippen LogP contribution in [0.5, 0.6) is 23.0 Å². The molecule has 0 N–H and O–H groups in total. The summed E-state index contributed by atoms with van der Waals surface area (Å²) in [6, 6.07) is 14.2. The quantitative estimate of drug-likeness (QED) is 0.0810. The van der Waals surface area contributed by atoms with Gasteiger partial charge in [-0.1, -0.05) is 17.4 Å². The lowest BCUT2D eigenvalue weighted by Crippen LogP contribution is -2.40. The molecule has 5 rings (SSSR count). The van der Waals surface area contributed by atoms with Crippen molar-refractivity contribution in [3.05, 3.63) is 116 Å². The van der Waals surface area contributed by atoms with Gasteiger partial charge >= 0.3 is 5.97 Å². The molecule has 1 aliphatic heterocycles. The van der Waals surface area contributed by atoms with Crippen molar-refractivity contribution in [1.29, 1.82) is 0 Å². The third-order valence-corrected chi connectivity index (χ3v) is 9.18. The third kappa shape index (κ3) is 7.08. The summed E-state index contributed by atoms with van der Waals surface area (Å²) in [5, 5.41) is 11.0. The Morgan fingerprint density at radius 3 is 2.40 bits per heavy atom. The second kappa shape index (κ2) is 15.0. The largest absolute Gasteiger partial charge is 0.493 e. The fraction of sp³-hybridized carbons (Fsp3) is 0.265. The summed E-state index contributed by atoms with van der Waals surface area (Å²) < 4.78 is 31.0. The minimum atomic E-state index is -0.822. The molecule has 0 radical (unpaired) electrons. The molecule has 2 heterocycles. The lowest BCUT2D eigenvalue weighted by Gasteiger charge is -2.25. The molecule has 3 aromatic carbocycles. The zero-order chi connectivity index (χ0) is 34.5. The van der Waals surface area contributed by atoms with Crippen LogP contribution in [0.2, 0.25) is 0 Å². The van der Waals surface area contributed by atoms with Crippen molar-refractivity contribution in [3.8, 4) is 23.0 Å². The number of benzene rings is 3. The number of hydrogen-bond acceptors (Lipinski definition) is 11. The van der Waals surface area contributed by atoms with Crippen molar-refractivity contribution in [2.24, 2.45) is 4.99 Å². The SMILES string of the molecule is CCOC(=O)C1=C(C)N=c2s/c(=C\c3cc(I)c(OCc4ccc([N+](=O)[O-])cc4)c(OC)c3)c(=O)n2[C@@H]1c1ccc(OC)c(OCC)c1. The number of methoxy groups -OCH3 is 2. The maximum Gasteiger partial charge on any atom is 0.338 e. The zero-order valence-corrected chi connectivity index (χ0v) is 29.7. The van der Waals surface area contributed by atoms with Crippen molar-refractivity contribution in [2.45, 2.75) is 33.4 Å². The van der Waals surface area contributed by atoms with Crippen LogP contribution in [0.15, 0.2) is 75.7 Å². The summed E-state index contributed by atoms with van der Waals surface area (Å²) >= 11 is 3.34. The van der Waals surface area contributed by atoms with Gasteiger partial charge in [0.25, 0.3) is 11.2 Å². The van der Waals surface area contributed by atoms with Crippen LogP contribution in [0.4, 0.5) is 5.69 Å². The van der Waals surface area contributed by atoms with Gasteiger partial charge in [-0.05, 0) is 103 Å².